The van der Waals surface area contributed by atoms with E-state index in [1.807, 2.05) is 43.7 Å². The van der Waals surface area contributed by atoms with Crippen LogP contribution in [0.1, 0.15) is 24.2 Å². The first kappa shape index (κ1) is 13.5. The minimum atomic E-state index is -0.469. The van der Waals surface area contributed by atoms with Crippen molar-refractivity contribution in [1.29, 1.82) is 0 Å². The molecule has 0 fully saturated rings. The highest BCUT2D eigenvalue weighted by Crippen LogP contribution is 2.15. The molecule has 2 rings (SSSR count). The lowest BCUT2D eigenvalue weighted by Gasteiger charge is -2.18. The van der Waals surface area contributed by atoms with Crippen LogP contribution in [0, 0.1) is 0 Å². The van der Waals surface area contributed by atoms with E-state index in [0.717, 1.165) is 24.3 Å². The summed E-state index contributed by atoms with van der Waals surface area (Å²) in [6, 6.07) is 7.90. The molecule has 19 heavy (non-hydrogen) atoms. The van der Waals surface area contributed by atoms with Crippen molar-refractivity contribution in [2.75, 3.05) is 18.5 Å². The van der Waals surface area contributed by atoms with E-state index in [1.54, 1.807) is 13.1 Å². The second-order valence-corrected chi connectivity index (χ2v) is 4.65. The molecule has 0 aliphatic carbocycles. The SMILES string of the molecule is C[C@H](O)c1ccc(N(C)CCc2ccncc2)nc1. The van der Waals surface area contributed by atoms with Crippen molar-refractivity contribution in [2.45, 2.75) is 19.4 Å². The third kappa shape index (κ3) is 3.76. The van der Waals surface area contributed by atoms with E-state index in [9.17, 15) is 5.11 Å². The predicted octanol–water partition coefficient (Wildman–Crippen LogP) is 2.21. The molecule has 2 aromatic rings. The minimum Gasteiger partial charge on any atom is -0.389 e. The van der Waals surface area contributed by atoms with E-state index in [4.69, 9.17) is 0 Å². The zero-order valence-electron chi connectivity index (χ0n) is 11.3. The van der Waals surface area contributed by atoms with E-state index in [1.165, 1.54) is 5.56 Å². The molecule has 0 saturated carbocycles. The second kappa shape index (κ2) is 6.29. The Bertz CT molecular complexity index is 497. The quantitative estimate of drug-likeness (QED) is 0.892. The molecule has 0 aromatic carbocycles. The highest BCUT2D eigenvalue weighted by molar-refractivity contribution is 5.38. The van der Waals surface area contributed by atoms with Gasteiger partial charge in [0.05, 0.1) is 6.10 Å². The Morgan fingerprint density at radius 1 is 1.21 bits per heavy atom. The zero-order chi connectivity index (χ0) is 13.7. The molecule has 100 valence electrons. The summed E-state index contributed by atoms with van der Waals surface area (Å²) in [6.07, 6.45) is 5.83. The number of rotatable bonds is 5. The van der Waals surface area contributed by atoms with Gasteiger partial charge in [-0.3, -0.25) is 4.98 Å². The standard InChI is InChI=1S/C15H19N3O/c1-12(19)14-3-4-15(17-11-14)18(2)10-7-13-5-8-16-9-6-13/h3-6,8-9,11-12,19H,7,10H2,1-2H3/t12-/m0/s1. The molecular weight excluding hydrogens is 238 g/mol. The van der Waals surface area contributed by atoms with Crippen molar-refractivity contribution in [3.63, 3.8) is 0 Å². The van der Waals surface area contributed by atoms with Crippen molar-refractivity contribution in [2.24, 2.45) is 0 Å². The molecule has 0 unspecified atom stereocenters. The second-order valence-electron chi connectivity index (χ2n) is 4.65. The van der Waals surface area contributed by atoms with E-state index in [0.29, 0.717) is 0 Å². The number of hydrogen-bond acceptors (Lipinski definition) is 4. The first-order chi connectivity index (χ1) is 9.16. The molecular formula is C15H19N3O. The molecule has 0 saturated heterocycles. The van der Waals surface area contributed by atoms with Gasteiger partial charge in [0.1, 0.15) is 5.82 Å². The number of nitrogens with zero attached hydrogens (tertiary/aromatic N) is 3. The summed E-state index contributed by atoms with van der Waals surface area (Å²) in [6.45, 7) is 2.63. The summed E-state index contributed by atoms with van der Waals surface area (Å²) in [5, 5.41) is 9.45. The molecule has 1 N–H and O–H groups in total. The summed E-state index contributed by atoms with van der Waals surface area (Å²) >= 11 is 0. The molecule has 1 atom stereocenters. The number of hydrogen-bond donors (Lipinski definition) is 1. The zero-order valence-corrected chi connectivity index (χ0v) is 11.3. The lowest BCUT2D eigenvalue weighted by molar-refractivity contribution is 0.199. The molecule has 4 nitrogen and oxygen atoms in total. The van der Waals surface area contributed by atoms with Gasteiger partial charge in [-0.15, -0.1) is 0 Å². The third-order valence-corrected chi connectivity index (χ3v) is 3.13. The molecule has 0 spiro atoms. The maximum Gasteiger partial charge on any atom is 0.128 e. The lowest BCUT2D eigenvalue weighted by Crippen LogP contribution is -2.21. The van der Waals surface area contributed by atoms with Gasteiger partial charge < -0.3 is 10.0 Å². The van der Waals surface area contributed by atoms with Crippen molar-refractivity contribution in [1.82, 2.24) is 9.97 Å². The molecule has 0 bridgehead atoms. The van der Waals surface area contributed by atoms with Gasteiger partial charge in [0.15, 0.2) is 0 Å². The Hall–Kier alpha value is -1.94. The number of anilines is 1. The molecule has 2 aromatic heterocycles. The largest absolute Gasteiger partial charge is 0.389 e. The average molecular weight is 257 g/mol. The van der Waals surface area contributed by atoms with Gasteiger partial charge in [-0.1, -0.05) is 6.07 Å². The van der Waals surface area contributed by atoms with Crippen LogP contribution in [-0.2, 0) is 6.42 Å². The number of likely N-dealkylation sites (N-methyl/N-ethyl adjacent to an activating group) is 1. The van der Waals surface area contributed by atoms with Crippen molar-refractivity contribution in [3.8, 4) is 0 Å². The van der Waals surface area contributed by atoms with E-state index < -0.39 is 6.10 Å². The molecule has 0 amide bonds. The van der Waals surface area contributed by atoms with Crippen LogP contribution in [0.2, 0.25) is 0 Å². The summed E-state index contributed by atoms with van der Waals surface area (Å²) < 4.78 is 0. The molecule has 2 heterocycles. The first-order valence-electron chi connectivity index (χ1n) is 6.41. The molecule has 4 heteroatoms. The average Bonchev–Trinajstić information content (AvgIpc) is 2.46. The lowest BCUT2D eigenvalue weighted by atomic mass is 10.2. The maximum absolute atomic E-state index is 9.45. The summed E-state index contributed by atoms with van der Waals surface area (Å²) in [5.74, 6) is 0.915. The molecule has 0 aliphatic heterocycles. The van der Waals surface area contributed by atoms with Crippen LogP contribution in [0.5, 0.6) is 0 Å². The van der Waals surface area contributed by atoms with E-state index >= 15 is 0 Å². The van der Waals surface area contributed by atoms with Gasteiger partial charge in [0, 0.05) is 32.2 Å². The van der Waals surface area contributed by atoms with Crippen LogP contribution in [-0.4, -0.2) is 28.7 Å². The van der Waals surface area contributed by atoms with E-state index in [-0.39, 0.29) is 0 Å². The van der Waals surface area contributed by atoms with Crippen LogP contribution >= 0.6 is 0 Å². The van der Waals surface area contributed by atoms with Crippen molar-refractivity contribution >= 4 is 5.82 Å². The Morgan fingerprint density at radius 3 is 2.53 bits per heavy atom. The van der Waals surface area contributed by atoms with Crippen LogP contribution < -0.4 is 4.90 Å². The van der Waals surface area contributed by atoms with Crippen molar-refractivity contribution < 1.29 is 5.11 Å². The van der Waals surface area contributed by atoms with Gasteiger partial charge in [0.25, 0.3) is 0 Å². The van der Waals surface area contributed by atoms with Gasteiger partial charge in [0.2, 0.25) is 0 Å². The predicted molar refractivity (Wildman–Crippen MR) is 76.1 cm³/mol. The Morgan fingerprint density at radius 2 is 1.95 bits per heavy atom. The number of aliphatic hydroxyl groups is 1. The summed E-state index contributed by atoms with van der Waals surface area (Å²) in [4.78, 5) is 10.5. The third-order valence-electron chi connectivity index (χ3n) is 3.13. The van der Waals surface area contributed by atoms with Crippen LogP contribution in [0.3, 0.4) is 0 Å². The topological polar surface area (TPSA) is 49.2 Å². The first-order valence-corrected chi connectivity index (χ1v) is 6.41. The fourth-order valence-corrected chi connectivity index (χ4v) is 1.83. The Labute approximate surface area is 113 Å². The number of pyridine rings is 2. The van der Waals surface area contributed by atoms with Crippen LogP contribution in [0.4, 0.5) is 5.82 Å². The maximum atomic E-state index is 9.45. The van der Waals surface area contributed by atoms with Crippen LogP contribution in [0.25, 0.3) is 0 Å². The van der Waals surface area contributed by atoms with Crippen LogP contribution in [0.15, 0.2) is 42.9 Å². The minimum absolute atomic E-state index is 0.469. The number of aliphatic hydroxyl groups excluding tert-OH is 1. The normalized spacial score (nSPS) is 12.2. The summed E-state index contributed by atoms with van der Waals surface area (Å²) in [5.41, 5.74) is 2.11. The number of aromatic nitrogens is 2. The summed E-state index contributed by atoms with van der Waals surface area (Å²) in [7, 11) is 2.02. The van der Waals surface area contributed by atoms with Gasteiger partial charge in [-0.05, 0) is 42.7 Å². The molecule has 0 radical (unpaired) electrons. The molecule has 0 aliphatic rings. The fraction of sp³-hybridized carbons (Fsp3) is 0.333. The highest BCUT2D eigenvalue weighted by Gasteiger charge is 2.05. The fourth-order valence-electron chi connectivity index (χ4n) is 1.83. The Balaban J connectivity index is 1.94. The van der Waals surface area contributed by atoms with Gasteiger partial charge >= 0.3 is 0 Å². The monoisotopic (exact) mass is 257 g/mol. The van der Waals surface area contributed by atoms with Crippen molar-refractivity contribution in [3.05, 3.63) is 54.0 Å². The van der Waals surface area contributed by atoms with E-state index in [2.05, 4.69) is 14.9 Å². The van der Waals surface area contributed by atoms with Gasteiger partial charge in [-0.25, -0.2) is 4.98 Å². The van der Waals surface area contributed by atoms with Gasteiger partial charge in [-0.2, -0.15) is 0 Å². The highest BCUT2D eigenvalue weighted by atomic mass is 16.3. The Kier molecular flexibility index (Phi) is 4.47. The smallest absolute Gasteiger partial charge is 0.128 e.